The molecule has 0 bridgehead atoms. The third-order valence-corrected chi connectivity index (χ3v) is 4.54. The summed E-state index contributed by atoms with van der Waals surface area (Å²) in [6.45, 7) is 3.91. The zero-order chi connectivity index (χ0) is 14.6. The molecular formula is C12H21N3O3S. The van der Waals surface area contributed by atoms with Crippen molar-refractivity contribution in [3.05, 3.63) is 18.2 Å². The van der Waals surface area contributed by atoms with Gasteiger partial charge in [-0.3, -0.25) is 0 Å². The average Bonchev–Trinajstić information content (AvgIpc) is 2.39. The van der Waals surface area contributed by atoms with Gasteiger partial charge in [0.25, 0.3) is 0 Å². The van der Waals surface area contributed by atoms with Crippen molar-refractivity contribution >= 4 is 21.4 Å². The molecule has 0 aliphatic heterocycles. The second-order valence-corrected chi connectivity index (χ2v) is 6.44. The van der Waals surface area contributed by atoms with Gasteiger partial charge in [0, 0.05) is 12.6 Å². The van der Waals surface area contributed by atoms with Crippen molar-refractivity contribution in [2.75, 3.05) is 24.7 Å². The van der Waals surface area contributed by atoms with E-state index in [4.69, 9.17) is 10.8 Å². The van der Waals surface area contributed by atoms with E-state index in [9.17, 15) is 8.42 Å². The summed E-state index contributed by atoms with van der Waals surface area (Å²) < 4.78 is 25.5. The number of anilines is 2. The Bertz CT molecular complexity index is 531. The first-order valence-corrected chi connectivity index (χ1v) is 7.50. The van der Waals surface area contributed by atoms with Crippen LogP contribution in [0.25, 0.3) is 0 Å². The molecule has 7 heteroatoms. The third-order valence-electron chi connectivity index (χ3n) is 3.13. The quantitative estimate of drug-likeness (QED) is 0.574. The summed E-state index contributed by atoms with van der Waals surface area (Å²) in [7, 11) is -2.13. The molecule has 6 nitrogen and oxygen atoms in total. The molecule has 2 atom stereocenters. The van der Waals surface area contributed by atoms with Crippen molar-refractivity contribution < 1.29 is 13.5 Å². The van der Waals surface area contributed by atoms with Gasteiger partial charge in [-0.25, -0.2) is 13.1 Å². The zero-order valence-corrected chi connectivity index (χ0v) is 12.2. The minimum Gasteiger partial charge on any atom is -0.397 e. The van der Waals surface area contributed by atoms with Crippen LogP contribution >= 0.6 is 0 Å². The minimum absolute atomic E-state index is 0.0269. The Morgan fingerprint density at radius 1 is 1.37 bits per heavy atom. The fourth-order valence-electron chi connectivity index (χ4n) is 1.50. The van der Waals surface area contributed by atoms with Crippen LogP contribution in [0, 0.1) is 5.92 Å². The van der Waals surface area contributed by atoms with Crippen LogP contribution in [0.15, 0.2) is 23.1 Å². The number of aliphatic hydroxyl groups is 1. The Kier molecular flexibility index (Phi) is 5.16. The summed E-state index contributed by atoms with van der Waals surface area (Å²) in [5.41, 5.74) is 6.86. The molecule has 0 saturated carbocycles. The van der Waals surface area contributed by atoms with E-state index in [1.54, 1.807) is 6.07 Å². The van der Waals surface area contributed by atoms with E-state index < -0.39 is 10.0 Å². The molecule has 1 rings (SSSR count). The lowest BCUT2D eigenvalue weighted by Crippen LogP contribution is -2.26. The van der Waals surface area contributed by atoms with Crippen molar-refractivity contribution in [1.29, 1.82) is 0 Å². The lowest BCUT2D eigenvalue weighted by Gasteiger charge is -2.21. The fourth-order valence-corrected chi connectivity index (χ4v) is 2.27. The number of hydrogen-bond donors (Lipinski definition) is 4. The molecule has 0 aromatic heterocycles. The summed E-state index contributed by atoms with van der Waals surface area (Å²) in [6.07, 6.45) is 0. The normalized spacial score (nSPS) is 14.9. The highest BCUT2D eigenvalue weighted by Gasteiger charge is 2.15. The number of nitrogens with two attached hydrogens (primary N) is 1. The number of nitrogen functional groups attached to an aromatic ring is 1. The maximum Gasteiger partial charge on any atom is 0.240 e. The van der Waals surface area contributed by atoms with E-state index in [1.807, 2.05) is 13.8 Å². The Morgan fingerprint density at radius 2 is 2.00 bits per heavy atom. The lowest BCUT2D eigenvalue weighted by molar-refractivity contribution is 0.226. The molecule has 0 spiro atoms. The summed E-state index contributed by atoms with van der Waals surface area (Å²) in [6, 6.07) is 4.55. The van der Waals surface area contributed by atoms with Gasteiger partial charge in [0.1, 0.15) is 0 Å². The molecular weight excluding hydrogens is 266 g/mol. The van der Waals surface area contributed by atoms with E-state index in [-0.39, 0.29) is 23.5 Å². The predicted molar refractivity (Wildman–Crippen MR) is 76.4 cm³/mol. The van der Waals surface area contributed by atoms with Crippen LogP contribution in [0.4, 0.5) is 11.4 Å². The Labute approximate surface area is 114 Å². The van der Waals surface area contributed by atoms with Gasteiger partial charge in [-0.15, -0.1) is 0 Å². The Morgan fingerprint density at radius 3 is 2.47 bits per heavy atom. The highest BCUT2D eigenvalue weighted by molar-refractivity contribution is 7.89. The summed E-state index contributed by atoms with van der Waals surface area (Å²) in [4.78, 5) is 0.126. The molecule has 0 radical (unpaired) electrons. The highest BCUT2D eigenvalue weighted by Crippen LogP contribution is 2.24. The number of sulfonamides is 1. The van der Waals surface area contributed by atoms with Crippen molar-refractivity contribution in [2.24, 2.45) is 5.92 Å². The maximum atomic E-state index is 11.6. The van der Waals surface area contributed by atoms with Crippen LogP contribution in [0.3, 0.4) is 0 Å². The molecule has 0 heterocycles. The van der Waals surface area contributed by atoms with Crippen LogP contribution in [0.2, 0.25) is 0 Å². The maximum absolute atomic E-state index is 11.6. The van der Waals surface area contributed by atoms with Gasteiger partial charge in [0.05, 0.1) is 16.3 Å². The summed E-state index contributed by atoms with van der Waals surface area (Å²) in [5, 5.41) is 12.2. The molecule has 1 aromatic rings. The van der Waals surface area contributed by atoms with Gasteiger partial charge >= 0.3 is 0 Å². The molecule has 108 valence electrons. The van der Waals surface area contributed by atoms with E-state index >= 15 is 0 Å². The molecule has 5 N–H and O–H groups in total. The molecule has 2 unspecified atom stereocenters. The predicted octanol–water partition coefficient (Wildman–Crippen LogP) is 0.606. The van der Waals surface area contributed by atoms with E-state index in [2.05, 4.69) is 10.0 Å². The van der Waals surface area contributed by atoms with Gasteiger partial charge in [-0.1, -0.05) is 6.92 Å². The molecule has 0 aliphatic carbocycles. The molecule has 0 fully saturated rings. The summed E-state index contributed by atoms with van der Waals surface area (Å²) >= 11 is 0. The van der Waals surface area contributed by atoms with Crippen molar-refractivity contribution in [3.63, 3.8) is 0 Å². The van der Waals surface area contributed by atoms with Crippen molar-refractivity contribution in [1.82, 2.24) is 4.72 Å². The van der Waals surface area contributed by atoms with Crippen LogP contribution in [0.1, 0.15) is 13.8 Å². The Balaban J connectivity index is 2.96. The number of nitrogens with one attached hydrogen (secondary N) is 2. The van der Waals surface area contributed by atoms with Crippen LogP contribution in [-0.4, -0.2) is 33.2 Å². The van der Waals surface area contributed by atoms with E-state index in [0.717, 1.165) is 0 Å². The van der Waals surface area contributed by atoms with E-state index in [1.165, 1.54) is 19.2 Å². The SMILES string of the molecule is CNS(=O)(=O)c1ccc(NC(C)C(C)CO)c(N)c1. The van der Waals surface area contributed by atoms with Gasteiger partial charge in [-0.05, 0) is 38.1 Å². The monoisotopic (exact) mass is 287 g/mol. The second kappa shape index (κ2) is 6.23. The zero-order valence-electron chi connectivity index (χ0n) is 11.3. The van der Waals surface area contributed by atoms with Gasteiger partial charge in [0.15, 0.2) is 0 Å². The smallest absolute Gasteiger partial charge is 0.240 e. The van der Waals surface area contributed by atoms with Crippen LogP contribution < -0.4 is 15.8 Å². The third kappa shape index (κ3) is 3.82. The lowest BCUT2D eigenvalue weighted by atomic mass is 10.0. The molecule has 0 saturated heterocycles. The van der Waals surface area contributed by atoms with Gasteiger partial charge in [0.2, 0.25) is 10.0 Å². The first-order chi connectivity index (χ1) is 8.81. The van der Waals surface area contributed by atoms with Crippen LogP contribution in [0.5, 0.6) is 0 Å². The van der Waals surface area contributed by atoms with Crippen molar-refractivity contribution in [3.8, 4) is 0 Å². The number of aliphatic hydroxyl groups excluding tert-OH is 1. The largest absolute Gasteiger partial charge is 0.397 e. The first-order valence-electron chi connectivity index (χ1n) is 6.02. The number of benzene rings is 1. The van der Waals surface area contributed by atoms with E-state index in [0.29, 0.717) is 11.4 Å². The fraction of sp³-hybridized carbons (Fsp3) is 0.500. The molecule has 0 aliphatic rings. The number of hydrogen-bond acceptors (Lipinski definition) is 5. The number of rotatable bonds is 6. The Hall–Kier alpha value is -1.31. The summed E-state index contributed by atoms with van der Waals surface area (Å²) in [5.74, 6) is 0.0696. The second-order valence-electron chi connectivity index (χ2n) is 4.55. The first kappa shape index (κ1) is 15.7. The minimum atomic E-state index is -3.48. The molecule has 1 aromatic carbocycles. The molecule has 0 amide bonds. The topological polar surface area (TPSA) is 104 Å². The van der Waals surface area contributed by atoms with Crippen molar-refractivity contribution in [2.45, 2.75) is 24.8 Å². The van der Waals surface area contributed by atoms with Gasteiger partial charge < -0.3 is 16.2 Å². The highest BCUT2D eigenvalue weighted by atomic mass is 32.2. The van der Waals surface area contributed by atoms with Gasteiger partial charge in [-0.2, -0.15) is 0 Å². The molecule has 19 heavy (non-hydrogen) atoms. The van der Waals surface area contributed by atoms with Crippen LogP contribution in [-0.2, 0) is 10.0 Å². The average molecular weight is 287 g/mol. The standard InChI is InChI=1S/C12H21N3O3S/c1-8(7-16)9(2)15-12-5-4-10(6-11(12)13)19(17,18)14-3/h4-6,8-9,14-16H,7,13H2,1-3H3.